The summed E-state index contributed by atoms with van der Waals surface area (Å²) in [5.74, 6) is 0.963. The molecule has 17 heavy (non-hydrogen) atoms. The lowest BCUT2D eigenvalue weighted by atomic mass is 10.0. The van der Waals surface area contributed by atoms with Gasteiger partial charge in [-0.15, -0.1) is 0 Å². The second-order valence-electron chi connectivity index (χ2n) is 4.58. The molecule has 1 nitrogen and oxygen atoms in total. The second kappa shape index (κ2) is 5.09. The molecule has 1 unspecified atom stereocenters. The van der Waals surface area contributed by atoms with Gasteiger partial charge >= 0.3 is 0 Å². The summed E-state index contributed by atoms with van der Waals surface area (Å²) in [5.41, 5.74) is 5.26. The van der Waals surface area contributed by atoms with Crippen LogP contribution in [0, 0.1) is 20.8 Å². The Labute approximate surface area is 111 Å². The third kappa shape index (κ3) is 3.01. The van der Waals surface area contributed by atoms with E-state index in [1.54, 1.807) is 0 Å². The van der Waals surface area contributed by atoms with Crippen LogP contribution in [-0.2, 0) is 6.42 Å². The minimum Gasteiger partial charge on any atom is -0.469 e. The van der Waals surface area contributed by atoms with Gasteiger partial charge in [0.15, 0.2) is 0 Å². The Morgan fingerprint density at radius 1 is 1.12 bits per heavy atom. The van der Waals surface area contributed by atoms with Crippen molar-refractivity contribution in [2.75, 3.05) is 0 Å². The van der Waals surface area contributed by atoms with Crippen LogP contribution in [0.3, 0.4) is 0 Å². The van der Waals surface area contributed by atoms with Gasteiger partial charge in [-0.3, -0.25) is 0 Å². The molecule has 1 aromatic carbocycles. The highest BCUT2D eigenvalue weighted by molar-refractivity contribution is 9.09. The summed E-state index contributed by atoms with van der Waals surface area (Å²) >= 11 is 3.72. The molecule has 2 heteroatoms. The molecule has 0 bridgehead atoms. The summed E-state index contributed by atoms with van der Waals surface area (Å²) in [6.07, 6.45) is 2.82. The van der Waals surface area contributed by atoms with Gasteiger partial charge in [0.05, 0.1) is 6.26 Å². The van der Waals surface area contributed by atoms with Crippen LogP contribution in [0.15, 0.2) is 34.9 Å². The van der Waals surface area contributed by atoms with E-state index in [-0.39, 0.29) is 0 Å². The summed E-state index contributed by atoms with van der Waals surface area (Å²) in [6, 6.07) is 8.73. The Bertz CT molecular complexity index is 513. The van der Waals surface area contributed by atoms with E-state index in [0.29, 0.717) is 4.83 Å². The number of benzene rings is 1. The van der Waals surface area contributed by atoms with E-state index in [2.05, 4.69) is 54.0 Å². The molecule has 0 radical (unpaired) electrons. The fourth-order valence-corrected chi connectivity index (χ4v) is 2.50. The maximum atomic E-state index is 5.34. The van der Waals surface area contributed by atoms with Gasteiger partial charge in [-0.25, -0.2) is 0 Å². The van der Waals surface area contributed by atoms with Gasteiger partial charge in [0, 0.05) is 10.4 Å². The quantitative estimate of drug-likeness (QED) is 0.735. The molecule has 0 aliphatic rings. The maximum Gasteiger partial charge on any atom is 0.101 e. The fraction of sp³-hybridized carbons (Fsp3) is 0.333. The average molecular weight is 293 g/mol. The van der Waals surface area contributed by atoms with Crippen LogP contribution >= 0.6 is 15.9 Å². The van der Waals surface area contributed by atoms with Gasteiger partial charge in [0.25, 0.3) is 0 Å². The molecule has 1 aromatic heterocycles. The summed E-state index contributed by atoms with van der Waals surface area (Å²) in [7, 11) is 0. The fourth-order valence-electron chi connectivity index (χ4n) is 1.88. The van der Waals surface area contributed by atoms with Crippen LogP contribution in [0.1, 0.15) is 32.8 Å². The van der Waals surface area contributed by atoms with Crippen LogP contribution in [0.2, 0.25) is 0 Å². The predicted octanol–water partition coefficient (Wildman–Crippen LogP) is 4.88. The van der Waals surface area contributed by atoms with Gasteiger partial charge in [-0.1, -0.05) is 34.1 Å². The van der Waals surface area contributed by atoms with Crippen LogP contribution in [0.5, 0.6) is 0 Å². The summed E-state index contributed by atoms with van der Waals surface area (Å²) < 4.78 is 5.34. The standard InChI is InChI=1S/C15H17BrO/c1-10-4-5-13(6-11(10)2)8-15(16)14-7-12(3)17-9-14/h4-7,9,15H,8H2,1-3H3. The molecule has 0 aliphatic carbocycles. The second-order valence-corrected chi connectivity index (χ2v) is 5.69. The third-order valence-corrected chi connectivity index (χ3v) is 3.95. The number of halogens is 1. The van der Waals surface area contributed by atoms with Crippen molar-refractivity contribution < 1.29 is 4.42 Å². The molecule has 0 amide bonds. The molecular weight excluding hydrogens is 276 g/mol. The molecule has 2 rings (SSSR count). The third-order valence-electron chi connectivity index (χ3n) is 3.10. The van der Waals surface area contributed by atoms with Crippen molar-refractivity contribution in [1.82, 2.24) is 0 Å². The Morgan fingerprint density at radius 2 is 1.88 bits per heavy atom. The number of furan rings is 1. The van der Waals surface area contributed by atoms with E-state index in [1.807, 2.05) is 13.2 Å². The van der Waals surface area contributed by atoms with Crippen molar-refractivity contribution in [3.63, 3.8) is 0 Å². The molecule has 0 fully saturated rings. The highest BCUT2D eigenvalue weighted by Gasteiger charge is 2.11. The molecule has 2 aromatic rings. The first-order valence-corrected chi connectivity index (χ1v) is 6.73. The van der Waals surface area contributed by atoms with Crippen molar-refractivity contribution in [3.05, 3.63) is 58.5 Å². The van der Waals surface area contributed by atoms with Crippen molar-refractivity contribution in [3.8, 4) is 0 Å². The first-order chi connectivity index (χ1) is 8.06. The van der Waals surface area contributed by atoms with Crippen molar-refractivity contribution in [1.29, 1.82) is 0 Å². The van der Waals surface area contributed by atoms with Gasteiger partial charge in [-0.2, -0.15) is 0 Å². The first kappa shape index (κ1) is 12.4. The SMILES string of the molecule is Cc1cc(C(Br)Cc2ccc(C)c(C)c2)co1. The van der Waals surface area contributed by atoms with Crippen LogP contribution in [-0.4, -0.2) is 0 Å². The molecule has 90 valence electrons. The average Bonchev–Trinajstić information content (AvgIpc) is 2.70. The Kier molecular flexibility index (Phi) is 3.72. The van der Waals surface area contributed by atoms with Crippen LogP contribution < -0.4 is 0 Å². The van der Waals surface area contributed by atoms with E-state index < -0.39 is 0 Å². The maximum absolute atomic E-state index is 5.34. The highest BCUT2D eigenvalue weighted by Crippen LogP contribution is 2.28. The van der Waals surface area contributed by atoms with Gasteiger partial charge in [-0.05, 0) is 49.9 Å². The predicted molar refractivity (Wildman–Crippen MR) is 74.7 cm³/mol. The minimum atomic E-state index is 0.321. The zero-order valence-electron chi connectivity index (χ0n) is 10.5. The molecule has 1 heterocycles. The molecule has 0 aliphatic heterocycles. The number of hydrogen-bond donors (Lipinski definition) is 0. The molecule has 0 spiro atoms. The zero-order chi connectivity index (χ0) is 12.4. The van der Waals surface area contributed by atoms with Crippen LogP contribution in [0.25, 0.3) is 0 Å². The van der Waals surface area contributed by atoms with E-state index in [1.165, 1.54) is 22.3 Å². The summed E-state index contributed by atoms with van der Waals surface area (Å²) in [6.45, 7) is 6.27. The Hall–Kier alpha value is -1.02. The normalized spacial score (nSPS) is 12.7. The van der Waals surface area contributed by atoms with Crippen molar-refractivity contribution in [2.24, 2.45) is 0 Å². The van der Waals surface area contributed by atoms with E-state index >= 15 is 0 Å². The lowest BCUT2D eigenvalue weighted by Crippen LogP contribution is -1.95. The number of rotatable bonds is 3. The molecule has 0 saturated carbocycles. The Morgan fingerprint density at radius 3 is 2.47 bits per heavy atom. The number of aryl methyl sites for hydroxylation is 3. The smallest absolute Gasteiger partial charge is 0.101 e. The Balaban J connectivity index is 2.12. The van der Waals surface area contributed by atoms with E-state index in [0.717, 1.165) is 12.2 Å². The molecule has 0 N–H and O–H groups in total. The minimum absolute atomic E-state index is 0.321. The summed E-state index contributed by atoms with van der Waals surface area (Å²) in [5, 5.41) is 0. The monoisotopic (exact) mass is 292 g/mol. The van der Waals surface area contributed by atoms with Gasteiger partial charge in [0.2, 0.25) is 0 Å². The zero-order valence-corrected chi connectivity index (χ0v) is 12.0. The molecule has 1 atom stereocenters. The van der Waals surface area contributed by atoms with Crippen molar-refractivity contribution >= 4 is 15.9 Å². The molecule has 0 saturated heterocycles. The largest absolute Gasteiger partial charge is 0.469 e. The highest BCUT2D eigenvalue weighted by atomic mass is 79.9. The molecular formula is C15H17BrO. The first-order valence-electron chi connectivity index (χ1n) is 5.81. The lowest BCUT2D eigenvalue weighted by Gasteiger charge is -2.09. The lowest BCUT2D eigenvalue weighted by molar-refractivity contribution is 0.531. The van der Waals surface area contributed by atoms with E-state index in [9.17, 15) is 0 Å². The number of alkyl halides is 1. The van der Waals surface area contributed by atoms with Gasteiger partial charge in [0.1, 0.15) is 5.76 Å². The van der Waals surface area contributed by atoms with E-state index in [4.69, 9.17) is 4.42 Å². The van der Waals surface area contributed by atoms with Crippen LogP contribution in [0.4, 0.5) is 0 Å². The number of hydrogen-bond acceptors (Lipinski definition) is 1. The summed E-state index contributed by atoms with van der Waals surface area (Å²) in [4.78, 5) is 0.321. The topological polar surface area (TPSA) is 13.1 Å². The van der Waals surface area contributed by atoms with Crippen molar-refractivity contribution in [2.45, 2.75) is 32.0 Å². The van der Waals surface area contributed by atoms with Gasteiger partial charge < -0.3 is 4.42 Å².